The van der Waals surface area contributed by atoms with Crippen LogP contribution in [0.25, 0.3) is 21.9 Å². The summed E-state index contributed by atoms with van der Waals surface area (Å²) in [6.07, 6.45) is -0.621. The SMILES string of the molecule is CNCC(=O)O.Cc1ccc2nc(C(N)=O)c3ncn(C)c3c2c1.O=C(O)CC(O)(CC(=O)O)C(=O)O. The number of carboxylic acid groups (broad SMARTS) is 4. The average Bonchev–Trinajstić information content (AvgIpc) is 3.14. The molecule has 15 heteroatoms. The lowest BCUT2D eigenvalue weighted by Gasteiger charge is -2.18. The number of carbonyl (C=O) groups excluding carboxylic acids is 1. The van der Waals surface area contributed by atoms with Gasteiger partial charge in [-0.15, -0.1) is 0 Å². The monoisotopic (exact) mass is 521 g/mol. The van der Waals surface area contributed by atoms with Crippen molar-refractivity contribution in [1.82, 2.24) is 19.9 Å². The molecule has 0 fully saturated rings. The summed E-state index contributed by atoms with van der Waals surface area (Å²) in [5, 5.41) is 45.1. The van der Waals surface area contributed by atoms with Crippen molar-refractivity contribution in [1.29, 1.82) is 0 Å². The molecule has 8 N–H and O–H groups in total. The molecule has 0 aliphatic carbocycles. The Morgan fingerprint density at radius 3 is 2.00 bits per heavy atom. The molecule has 15 nitrogen and oxygen atoms in total. The first-order valence-electron chi connectivity index (χ1n) is 10.4. The standard InChI is InChI=1S/C13H12N4O.C6H8O7.C3H7NO2/c1-7-3-4-9-8(5-7)12-10(15-6-17(12)2)11(16-9)13(14)18;7-3(8)1-6(13,5(11)12)2-4(9)10;1-4-2-3(5)6/h3-6H,1-2H3,(H2,14,18);13H,1-2H2,(H,7,8)(H,9,10)(H,11,12);4H,2H2,1H3,(H,5,6). The summed E-state index contributed by atoms with van der Waals surface area (Å²) in [6.45, 7) is 2.06. The number of primary amides is 1. The van der Waals surface area contributed by atoms with Gasteiger partial charge in [-0.05, 0) is 26.1 Å². The van der Waals surface area contributed by atoms with Gasteiger partial charge in [0.05, 0.1) is 36.7 Å². The molecule has 1 amide bonds. The molecule has 200 valence electrons. The molecule has 0 atom stereocenters. The molecule has 0 saturated carbocycles. The van der Waals surface area contributed by atoms with Gasteiger partial charge >= 0.3 is 23.9 Å². The van der Waals surface area contributed by atoms with Crippen LogP contribution in [0.1, 0.15) is 28.9 Å². The molecule has 1 aromatic carbocycles. The lowest BCUT2D eigenvalue weighted by atomic mass is 9.96. The molecule has 0 spiro atoms. The number of pyridine rings is 1. The van der Waals surface area contributed by atoms with Gasteiger partial charge in [0.2, 0.25) is 0 Å². The van der Waals surface area contributed by atoms with E-state index in [0.717, 1.165) is 22.0 Å². The molecule has 3 rings (SSSR count). The normalized spacial score (nSPS) is 10.6. The van der Waals surface area contributed by atoms with E-state index in [1.54, 1.807) is 13.4 Å². The van der Waals surface area contributed by atoms with Crippen LogP contribution in [0, 0.1) is 6.92 Å². The number of hydrogen-bond donors (Lipinski definition) is 7. The number of aliphatic carboxylic acids is 4. The van der Waals surface area contributed by atoms with Crippen molar-refractivity contribution in [3.05, 3.63) is 35.8 Å². The fraction of sp³-hybridized carbons (Fsp3) is 0.318. The molecule has 37 heavy (non-hydrogen) atoms. The first-order chi connectivity index (χ1) is 17.1. The van der Waals surface area contributed by atoms with E-state index >= 15 is 0 Å². The number of hydrogen-bond acceptors (Lipinski definition) is 9. The van der Waals surface area contributed by atoms with Gasteiger partial charge < -0.3 is 41.2 Å². The number of benzene rings is 1. The summed E-state index contributed by atoms with van der Waals surface area (Å²) in [4.78, 5) is 60.0. The maximum atomic E-state index is 11.4. The van der Waals surface area contributed by atoms with E-state index in [1.807, 2.05) is 36.7 Å². The van der Waals surface area contributed by atoms with E-state index in [2.05, 4.69) is 15.3 Å². The minimum atomic E-state index is -2.74. The predicted molar refractivity (Wildman–Crippen MR) is 128 cm³/mol. The molecule has 3 aromatic rings. The number of likely N-dealkylation sites (N-methyl/N-ethyl adjacent to an activating group) is 1. The summed E-state index contributed by atoms with van der Waals surface area (Å²) in [5.41, 5.74) is 6.18. The van der Waals surface area contributed by atoms with Crippen LogP contribution in [0.2, 0.25) is 0 Å². The summed E-state index contributed by atoms with van der Waals surface area (Å²) < 4.78 is 1.88. The molecule has 2 heterocycles. The van der Waals surface area contributed by atoms with Gasteiger partial charge in [-0.1, -0.05) is 11.6 Å². The fourth-order valence-electron chi connectivity index (χ4n) is 3.07. The second kappa shape index (κ2) is 12.9. The quantitative estimate of drug-likeness (QED) is 0.199. The molecule has 0 radical (unpaired) electrons. The second-order valence-corrected chi connectivity index (χ2v) is 7.80. The number of carboxylic acids is 4. The highest BCUT2D eigenvalue weighted by molar-refractivity contribution is 6.11. The highest BCUT2D eigenvalue weighted by Crippen LogP contribution is 2.25. The molecular weight excluding hydrogens is 494 g/mol. The molecular formula is C22H27N5O10. The molecule has 0 aliphatic heterocycles. The Morgan fingerprint density at radius 2 is 1.59 bits per heavy atom. The number of fused-ring (bicyclic) bond motifs is 3. The largest absolute Gasteiger partial charge is 0.481 e. The van der Waals surface area contributed by atoms with Gasteiger partial charge in [0.15, 0.2) is 11.3 Å². The van der Waals surface area contributed by atoms with Crippen LogP contribution < -0.4 is 11.1 Å². The van der Waals surface area contributed by atoms with E-state index in [4.69, 9.17) is 31.3 Å². The molecule has 0 unspecified atom stereocenters. The summed E-state index contributed by atoms with van der Waals surface area (Å²) >= 11 is 0. The highest BCUT2D eigenvalue weighted by Gasteiger charge is 2.40. The Kier molecular flexibility index (Phi) is 10.6. The molecule has 0 saturated heterocycles. The third-order valence-corrected chi connectivity index (χ3v) is 4.65. The zero-order valence-electron chi connectivity index (χ0n) is 20.1. The maximum Gasteiger partial charge on any atom is 0.336 e. The van der Waals surface area contributed by atoms with Crippen molar-refractivity contribution < 1.29 is 49.5 Å². The van der Waals surface area contributed by atoms with Crippen LogP contribution in [-0.2, 0) is 26.2 Å². The number of nitrogens with one attached hydrogen (secondary N) is 1. The van der Waals surface area contributed by atoms with Gasteiger partial charge in [0, 0.05) is 12.4 Å². The van der Waals surface area contributed by atoms with Crippen LogP contribution >= 0.6 is 0 Å². The van der Waals surface area contributed by atoms with Crippen molar-refractivity contribution in [3.63, 3.8) is 0 Å². The number of imidazole rings is 1. The van der Waals surface area contributed by atoms with Crippen LogP contribution in [0.3, 0.4) is 0 Å². The summed E-state index contributed by atoms with van der Waals surface area (Å²) in [6, 6.07) is 5.89. The van der Waals surface area contributed by atoms with Crippen LogP contribution in [0.4, 0.5) is 0 Å². The minimum Gasteiger partial charge on any atom is -0.481 e. The number of aryl methyl sites for hydroxylation is 2. The first kappa shape index (κ1) is 30.4. The number of nitrogens with zero attached hydrogens (tertiary/aromatic N) is 3. The lowest BCUT2D eigenvalue weighted by Crippen LogP contribution is -2.42. The number of amides is 1. The number of carbonyl (C=O) groups is 5. The minimum absolute atomic E-state index is 0.0417. The Labute approximate surface area is 209 Å². The second-order valence-electron chi connectivity index (χ2n) is 7.80. The van der Waals surface area contributed by atoms with E-state index in [1.165, 1.54) is 0 Å². The number of rotatable bonds is 8. The first-order valence-corrected chi connectivity index (χ1v) is 10.4. The van der Waals surface area contributed by atoms with E-state index < -0.39 is 48.2 Å². The van der Waals surface area contributed by atoms with Gasteiger partial charge in [-0.3, -0.25) is 19.2 Å². The number of aromatic nitrogens is 3. The third kappa shape index (κ3) is 8.52. The van der Waals surface area contributed by atoms with Gasteiger partial charge in [0.1, 0.15) is 5.52 Å². The fourth-order valence-corrected chi connectivity index (χ4v) is 3.07. The Morgan fingerprint density at radius 1 is 1.03 bits per heavy atom. The average molecular weight is 521 g/mol. The smallest absolute Gasteiger partial charge is 0.336 e. The molecule has 0 bridgehead atoms. The highest BCUT2D eigenvalue weighted by atomic mass is 16.4. The van der Waals surface area contributed by atoms with Crippen molar-refractivity contribution in [2.75, 3.05) is 13.6 Å². The number of nitrogens with two attached hydrogens (primary N) is 1. The summed E-state index contributed by atoms with van der Waals surface area (Å²) in [5.74, 6) is -6.40. The number of aliphatic hydroxyl groups is 1. The van der Waals surface area contributed by atoms with E-state index in [0.29, 0.717) is 5.52 Å². The summed E-state index contributed by atoms with van der Waals surface area (Å²) in [7, 11) is 3.48. The van der Waals surface area contributed by atoms with Gasteiger partial charge in [-0.2, -0.15) is 0 Å². The zero-order valence-corrected chi connectivity index (χ0v) is 20.1. The lowest BCUT2D eigenvalue weighted by molar-refractivity contribution is -0.170. The van der Waals surface area contributed by atoms with Crippen molar-refractivity contribution in [3.8, 4) is 0 Å². The van der Waals surface area contributed by atoms with Crippen LogP contribution in [0.5, 0.6) is 0 Å². The Bertz CT molecular complexity index is 1320. The topological polar surface area (TPSA) is 255 Å². The Balaban J connectivity index is 0.000000317. The molecule has 2 aromatic heterocycles. The van der Waals surface area contributed by atoms with Crippen LogP contribution in [0.15, 0.2) is 24.5 Å². The van der Waals surface area contributed by atoms with E-state index in [-0.39, 0.29) is 12.2 Å². The van der Waals surface area contributed by atoms with Crippen molar-refractivity contribution in [2.24, 2.45) is 12.8 Å². The Hall–Kier alpha value is -4.63. The zero-order chi connectivity index (χ0) is 28.5. The van der Waals surface area contributed by atoms with Crippen LogP contribution in [-0.4, -0.2) is 89.0 Å². The van der Waals surface area contributed by atoms with Gasteiger partial charge in [0.25, 0.3) is 5.91 Å². The predicted octanol–water partition coefficient (Wildman–Crippen LogP) is -0.429. The third-order valence-electron chi connectivity index (χ3n) is 4.65. The van der Waals surface area contributed by atoms with Crippen molar-refractivity contribution >= 4 is 51.7 Å². The van der Waals surface area contributed by atoms with Gasteiger partial charge in [-0.25, -0.2) is 14.8 Å². The molecule has 0 aliphatic rings. The van der Waals surface area contributed by atoms with E-state index in [9.17, 15) is 24.0 Å². The van der Waals surface area contributed by atoms with Crippen molar-refractivity contribution in [2.45, 2.75) is 25.4 Å². The maximum absolute atomic E-state index is 11.4.